The maximum atomic E-state index is 12.3. The van der Waals surface area contributed by atoms with Gasteiger partial charge >= 0.3 is 6.03 Å². The van der Waals surface area contributed by atoms with E-state index in [2.05, 4.69) is 5.32 Å². The number of ether oxygens (including phenoxy) is 1. The highest BCUT2D eigenvalue weighted by Crippen LogP contribution is 2.19. The monoisotopic (exact) mass is 349 g/mol. The van der Waals surface area contributed by atoms with E-state index in [-0.39, 0.29) is 18.0 Å². The number of thioether (sulfide) groups is 1. The van der Waals surface area contributed by atoms with Gasteiger partial charge < -0.3 is 19.9 Å². The standard InChI is InChI=1S/C17H23N3O3S/c1-24-14-6-4-13(5-7-14)18-17(22)20-10-8-19(9-11-20)16(21)15-3-2-12-23-15/h4-7,15H,2-3,8-12H2,1H3,(H,18,22). The summed E-state index contributed by atoms with van der Waals surface area (Å²) in [5.74, 6) is 0.0696. The Morgan fingerprint density at radius 1 is 1.12 bits per heavy atom. The van der Waals surface area contributed by atoms with Crippen LogP contribution in [0.4, 0.5) is 10.5 Å². The quantitative estimate of drug-likeness (QED) is 0.851. The second-order valence-corrected chi connectivity index (χ2v) is 6.85. The van der Waals surface area contributed by atoms with Crippen molar-refractivity contribution < 1.29 is 14.3 Å². The van der Waals surface area contributed by atoms with E-state index in [0.717, 1.165) is 23.4 Å². The number of urea groups is 1. The Labute approximate surface area is 146 Å². The molecule has 2 fully saturated rings. The average Bonchev–Trinajstić information content (AvgIpc) is 3.16. The molecule has 0 radical (unpaired) electrons. The lowest BCUT2D eigenvalue weighted by Gasteiger charge is -2.35. The Balaban J connectivity index is 1.48. The molecule has 6 nitrogen and oxygen atoms in total. The molecule has 2 aliphatic rings. The molecular formula is C17H23N3O3S. The zero-order chi connectivity index (χ0) is 16.9. The second-order valence-electron chi connectivity index (χ2n) is 5.97. The topological polar surface area (TPSA) is 61.9 Å². The number of hydrogen-bond acceptors (Lipinski definition) is 4. The molecule has 3 rings (SSSR count). The Kier molecular flexibility index (Phi) is 5.63. The van der Waals surface area contributed by atoms with E-state index in [1.54, 1.807) is 16.7 Å². The summed E-state index contributed by atoms with van der Waals surface area (Å²) < 4.78 is 5.45. The molecule has 2 heterocycles. The molecule has 130 valence electrons. The van der Waals surface area contributed by atoms with E-state index in [9.17, 15) is 9.59 Å². The van der Waals surface area contributed by atoms with Gasteiger partial charge in [-0.1, -0.05) is 0 Å². The van der Waals surface area contributed by atoms with Gasteiger partial charge in [0.1, 0.15) is 6.10 Å². The van der Waals surface area contributed by atoms with Crippen LogP contribution in [0.3, 0.4) is 0 Å². The summed E-state index contributed by atoms with van der Waals surface area (Å²) in [7, 11) is 0. The molecule has 1 atom stereocenters. The van der Waals surface area contributed by atoms with Gasteiger partial charge in [-0.2, -0.15) is 0 Å². The fraction of sp³-hybridized carbons (Fsp3) is 0.529. The molecule has 2 saturated heterocycles. The highest BCUT2D eigenvalue weighted by Gasteiger charge is 2.31. The highest BCUT2D eigenvalue weighted by atomic mass is 32.2. The lowest BCUT2D eigenvalue weighted by molar-refractivity contribution is -0.142. The average molecular weight is 349 g/mol. The van der Waals surface area contributed by atoms with Crippen LogP contribution in [0.2, 0.25) is 0 Å². The van der Waals surface area contributed by atoms with E-state index in [4.69, 9.17) is 4.74 Å². The first-order valence-corrected chi connectivity index (χ1v) is 9.50. The van der Waals surface area contributed by atoms with E-state index in [1.807, 2.05) is 35.4 Å². The Hall–Kier alpha value is -1.73. The van der Waals surface area contributed by atoms with Gasteiger partial charge in [0.25, 0.3) is 5.91 Å². The van der Waals surface area contributed by atoms with E-state index in [1.165, 1.54) is 0 Å². The first-order chi connectivity index (χ1) is 11.7. The first kappa shape index (κ1) is 17.1. The number of rotatable bonds is 3. The second kappa shape index (κ2) is 7.90. The van der Waals surface area contributed by atoms with Gasteiger partial charge in [0.2, 0.25) is 0 Å². The van der Waals surface area contributed by atoms with Crippen LogP contribution in [0, 0.1) is 0 Å². The van der Waals surface area contributed by atoms with Gasteiger partial charge in [-0.05, 0) is 43.4 Å². The molecule has 0 aliphatic carbocycles. The first-order valence-electron chi connectivity index (χ1n) is 8.28. The van der Waals surface area contributed by atoms with Crippen molar-refractivity contribution >= 4 is 29.4 Å². The molecule has 1 aromatic rings. The van der Waals surface area contributed by atoms with Crippen molar-refractivity contribution in [2.24, 2.45) is 0 Å². The smallest absolute Gasteiger partial charge is 0.321 e. The normalized spacial score (nSPS) is 21.0. The summed E-state index contributed by atoms with van der Waals surface area (Å²) in [6.45, 7) is 2.91. The van der Waals surface area contributed by atoms with Crippen molar-refractivity contribution in [3.05, 3.63) is 24.3 Å². The van der Waals surface area contributed by atoms with Gasteiger partial charge in [0.05, 0.1) is 0 Å². The molecule has 2 aliphatic heterocycles. The highest BCUT2D eigenvalue weighted by molar-refractivity contribution is 7.98. The maximum absolute atomic E-state index is 12.3. The summed E-state index contributed by atoms with van der Waals surface area (Å²) in [5.41, 5.74) is 0.788. The van der Waals surface area contributed by atoms with Crippen LogP contribution in [0.25, 0.3) is 0 Å². The van der Waals surface area contributed by atoms with Crippen molar-refractivity contribution in [1.29, 1.82) is 0 Å². The zero-order valence-corrected chi connectivity index (χ0v) is 14.7. The minimum atomic E-state index is -0.277. The van der Waals surface area contributed by atoms with Gasteiger partial charge in [-0.25, -0.2) is 4.79 Å². The zero-order valence-electron chi connectivity index (χ0n) is 13.9. The summed E-state index contributed by atoms with van der Waals surface area (Å²) in [4.78, 5) is 29.4. The number of nitrogens with zero attached hydrogens (tertiary/aromatic N) is 2. The molecule has 0 bridgehead atoms. The fourth-order valence-corrected chi connectivity index (χ4v) is 3.39. The lowest BCUT2D eigenvalue weighted by atomic mass is 10.2. The van der Waals surface area contributed by atoms with Gasteiger partial charge in [-0.15, -0.1) is 11.8 Å². The SMILES string of the molecule is CSc1ccc(NC(=O)N2CCN(C(=O)C3CCCO3)CC2)cc1. The van der Waals surface area contributed by atoms with Crippen LogP contribution in [0.1, 0.15) is 12.8 Å². The third kappa shape index (κ3) is 4.02. The van der Waals surface area contributed by atoms with Crippen molar-refractivity contribution in [2.45, 2.75) is 23.8 Å². The Morgan fingerprint density at radius 3 is 2.38 bits per heavy atom. The number of carbonyl (C=O) groups excluding carboxylic acids is 2. The molecule has 0 aromatic heterocycles. The van der Waals surface area contributed by atoms with E-state index in [0.29, 0.717) is 32.8 Å². The van der Waals surface area contributed by atoms with Crippen LogP contribution in [0.5, 0.6) is 0 Å². The fourth-order valence-electron chi connectivity index (χ4n) is 2.98. The van der Waals surface area contributed by atoms with Crippen molar-refractivity contribution in [1.82, 2.24) is 9.80 Å². The van der Waals surface area contributed by atoms with E-state index < -0.39 is 0 Å². The van der Waals surface area contributed by atoms with Crippen LogP contribution in [-0.4, -0.2) is 66.9 Å². The largest absolute Gasteiger partial charge is 0.368 e. The molecule has 7 heteroatoms. The molecule has 0 spiro atoms. The number of benzene rings is 1. The Bertz CT molecular complexity index is 579. The van der Waals surface area contributed by atoms with Crippen molar-refractivity contribution in [2.75, 3.05) is 44.4 Å². The van der Waals surface area contributed by atoms with Gasteiger partial charge in [0.15, 0.2) is 0 Å². The minimum absolute atomic E-state index is 0.0696. The summed E-state index contributed by atoms with van der Waals surface area (Å²) >= 11 is 1.67. The lowest BCUT2D eigenvalue weighted by Crippen LogP contribution is -2.53. The molecule has 0 saturated carbocycles. The van der Waals surface area contributed by atoms with Crippen LogP contribution < -0.4 is 5.32 Å². The van der Waals surface area contributed by atoms with Crippen LogP contribution in [0.15, 0.2) is 29.2 Å². The summed E-state index contributed by atoms with van der Waals surface area (Å²) in [5, 5.41) is 2.91. The summed E-state index contributed by atoms with van der Waals surface area (Å²) in [6.07, 6.45) is 3.50. The third-order valence-corrected chi connectivity index (χ3v) is 5.17. The van der Waals surface area contributed by atoms with Crippen molar-refractivity contribution in [3.63, 3.8) is 0 Å². The van der Waals surface area contributed by atoms with Gasteiger partial charge in [0, 0.05) is 43.4 Å². The molecule has 24 heavy (non-hydrogen) atoms. The number of nitrogens with one attached hydrogen (secondary N) is 1. The van der Waals surface area contributed by atoms with Crippen LogP contribution >= 0.6 is 11.8 Å². The van der Waals surface area contributed by atoms with Crippen molar-refractivity contribution in [3.8, 4) is 0 Å². The number of carbonyl (C=O) groups is 2. The number of piperazine rings is 1. The Morgan fingerprint density at radius 2 is 1.79 bits per heavy atom. The molecule has 1 unspecified atom stereocenters. The van der Waals surface area contributed by atoms with Crippen LogP contribution in [-0.2, 0) is 9.53 Å². The summed E-state index contributed by atoms with van der Waals surface area (Å²) in [6, 6.07) is 7.66. The molecule has 3 amide bonds. The number of amides is 3. The molecular weight excluding hydrogens is 326 g/mol. The number of anilines is 1. The van der Waals surface area contributed by atoms with E-state index >= 15 is 0 Å². The minimum Gasteiger partial charge on any atom is -0.368 e. The molecule has 1 N–H and O–H groups in total. The van der Waals surface area contributed by atoms with Gasteiger partial charge in [-0.3, -0.25) is 4.79 Å². The third-order valence-electron chi connectivity index (χ3n) is 4.42. The number of hydrogen-bond donors (Lipinski definition) is 1. The predicted molar refractivity (Wildman–Crippen MR) is 94.4 cm³/mol. The maximum Gasteiger partial charge on any atom is 0.321 e. The predicted octanol–water partition coefficient (Wildman–Crippen LogP) is 2.26. The molecule has 1 aromatic carbocycles.